The predicted octanol–water partition coefficient (Wildman–Crippen LogP) is 2.33. The number of nitrogens with one attached hydrogen (secondary N) is 1. The lowest BCUT2D eigenvalue weighted by atomic mass is 10.2. The van der Waals surface area contributed by atoms with Gasteiger partial charge in [-0.25, -0.2) is 0 Å². The summed E-state index contributed by atoms with van der Waals surface area (Å²) < 4.78 is 5.03. The summed E-state index contributed by atoms with van der Waals surface area (Å²) in [4.78, 5) is 22.2. The summed E-state index contributed by atoms with van der Waals surface area (Å²) in [5.41, 5.74) is 0.814. The van der Waals surface area contributed by atoms with E-state index in [1.54, 1.807) is 25.3 Å². The van der Waals surface area contributed by atoms with Gasteiger partial charge in [0.05, 0.1) is 7.11 Å². The minimum absolute atomic E-state index is 0.00706. The van der Waals surface area contributed by atoms with E-state index in [0.29, 0.717) is 17.3 Å². The van der Waals surface area contributed by atoms with Gasteiger partial charge in [0.1, 0.15) is 11.5 Å². The monoisotopic (exact) mass is 269 g/mol. The molecule has 1 aromatic rings. The molecule has 0 fully saturated rings. The van der Waals surface area contributed by atoms with Crippen molar-refractivity contribution in [3.63, 3.8) is 0 Å². The van der Waals surface area contributed by atoms with E-state index in [4.69, 9.17) is 16.3 Å². The van der Waals surface area contributed by atoms with Crippen LogP contribution in [0.25, 0.3) is 0 Å². The SMILES string of the molecule is COc1ccc(CNC(=O)CCC(C)=O)c(Cl)c1. The van der Waals surface area contributed by atoms with E-state index in [1.807, 2.05) is 0 Å². The van der Waals surface area contributed by atoms with E-state index in [9.17, 15) is 9.59 Å². The largest absolute Gasteiger partial charge is 0.497 e. The molecule has 98 valence electrons. The highest BCUT2D eigenvalue weighted by molar-refractivity contribution is 6.31. The van der Waals surface area contributed by atoms with Gasteiger partial charge in [0.15, 0.2) is 0 Å². The van der Waals surface area contributed by atoms with Gasteiger partial charge in [-0.1, -0.05) is 17.7 Å². The molecule has 5 heteroatoms. The van der Waals surface area contributed by atoms with Crippen LogP contribution in [0.4, 0.5) is 0 Å². The van der Waals surface area contributed by atoms with Crippen molar-refractivity contribution in [2.75, 3.05) is 7.11 Å². The molecule has 1 rings (SSSR count). The Morgan fingerprint density at radius 2 is 2.06 bits per heavy atom. The van der Waals surface area contributed by atoms with Crippen LogP contribution in [0, 0.1) is 0 Å². The fourth-order valence-electron chi connectivity index (χ4n) is 1.37. The van der Waals surface area contributed by atoms with Crippen molar-refractivity contribution in [2.24, 2.45) is 0 Å². The summed E-state index contributed by atoms with van der Waals surface area (Å²) in [5, 5.41) is 3.26. The summed E-state index contributed by atoms with van der Waals surface area (Å²) in [5.74, 6) is 0.524. The molecule has 1 aromatic carbocycles. The van der Waals surface area contributed by atoms with Crippen LogP contribution in [0.5, 0.6) is 5.75 Å². The van der Waals surface area contributed by atoms with E-state index in [-0.39, 0.29) is 24.5 Å². The second-order valence-corrected chi connectivity index (χ2v) is 4.34. The topological polar surface area (TPSA) is 55.4 Å². The second-order valence-electron chi connectivity index (χ2n) is 3.94. The number of methoxy groups -OCH3 is 1. The number of rotatable bonds is 6. The highest BCUT2D eigenvalue weighted by Gasteiger charge is 2.06. The van der Waals surface area contributed by atoms with Gasteiger partial charge < -0.3 is 14.8 Å². The smallest absolute Gasteiger partial charge is 0.220 e. The molecule has 0 saturated carbocycles. The van der Waals surface area contributed by atoms with Crippen molar-refractivity contribution in [1.82, 2.24) is 5.32 Å². The third-order valence-electron chi connectivity index (χ3n) is 2.44. The highest BCUT2D eigenvalue weighted by atomic mass is 35.5. The molecule has 0 unspecified atom stereocenters. The standard InChI is InChI=1S/C13H16ClNO3/c1-9(16)3-6-13(17)15-8-10-4-5-11(18-2)7-12(10)14/h4-5,7H,3,6,8H2,1-2H3,(H,15,17). The van der Waals surface area contributed by atoms with Gasteiger partial charge in [-0.2, -0.15) is 0 Å². The van der Waals surface area contributed by atoms with Crippen LogP contribution in [0.2, 0.25) is 5.02 Å². The molecule has 1 N–H and O–H groups in total. The Balaban J connectivity index is 2.48. The molecule has 0 radical (unpaired) electrons. The van der Waals surface area contributed by atoms with Crippen molar-refractivity contribution in [3.8, 4) is 5.75 Å². The number of hydrogen-bond donors (Lipinski definition) is 1. The quantitative estimate of drug-likeness (QED) is 0.862. The first kappa shape index (κ1) is 14.5. The molecule has 0 aliphatic heterocycles. The fourth-order valence-corrected chi connectivity index (χ4v) is 1.61. The Morgan fingerprint density at radius 1 is 1.33 bits per heavy atom. The van der Waals surface area contributed by atoms with E-state index >= 15 is 0 Å². The first-order valence-corrected chi connectivity index (χ1v) is 5.99. The van der Waals surface area contributed by atoms with Crippen molar-refractivity contribution in [2.45, 2.75) is 26.3 Å². The molecule has 0 aliphatic carbocycles. The lowest BCUT2D eigenvalue weighted by Gasteiger charge is -2.08. The van der Waals surface area contributed by atoms with Crippen LogP contribution in [0.15, 0.2) is 18.2 Å². The minimum Gasteiger partial charge on any atom is -0.497 e. The van der Waals surface area contributed by atoms with Gasteiger partial charge in [0, 0.05) is 24.4 Å². The van der Waals surface area contributed by atoms with Gasteiger partial charge >= 0.3 is 0 Å². The number of hydrogen-bond acceptors (Lipinski definition) is 3. The third-order valence-corrected chi connectivity index (χ3v) is 2.79. The molecule has 0 aromatic heterocycles. The maximum atomic E-state index is 11.4. The van der Waals surface area contributed by atoms with Crippen molar-refractivity contribution < 1.29 is 14.3 Å². The Labute approximate surface area is 111 Å². The van der Waals surface area contributed by atoms with Crippen LogP contribution in [-0.2, 0) is 16.1 Å². The molecule has 0 saturated heterocycles. The van der Waals surface area contributed by atoms with Gasteiger partial charge in [-0.3, -0.25) is 4.79 Å². The lowest BCUT2D eigenvalue weighted by Crippen LogP contribution is -2.23. The van der Waals surface area contributed by atoms with E-state index in [2.05, 4.69) is 5.32 Å². The number of benzene rings is 1. The zero-order valence-corrected chi connectivity index (χ0v) is 11.2. The van der Waals surface area contributed by atoms with E-state index < -0.39 is 0 Å². The number of carbonyl (C=O) groups excluding carboxylic acids is 2. The first-order chi connectivity index (χ1) is 8.52. The molecule has 4 nitrogen and oxygen atoms in total. The number of amides is 1. The maximum absolute atomic E-state index is 11.4. The molecule has 0 bridgehead atoms. The normalized spacial score (nSPS) is 9.94. The fraction of sp³-hybridized carbons (Fsp3) is 0.385. The number of Topliss-reactive ketones (excluding diaryl/α,β-unsaturated/α-hetero) is 1. The van der Waals surface area contributed by atoms with Gasteiger partial charge in [0.2, 0.25) is 5.91 Å². The van der Waals surface area contributed by atoms with Crippen LogP contribution in [0.1, 0.15) is 25.3 Å². The molecule has 0 atom stereocenters. The third kappa shape index (κ3) is 4.75. The summed E-state index contributed by atoms with van der Waals surface area (Å²) >= 11 is 6.03. The predicted molar refractivity (Wildman–Crippen MR) is 69.8 cm³/mol. The molecule has 0 heterocycles. The van der Waals surface area contributed by atoms with Crippen molar-refractivity contribution >= 4 is 23.3 Å². The molecule has 0 spiro atoms. The Hall–Kier alpha value is -1.55. The minimum atomic E-state index is -0.155. The maximum Gasteiger partial charge on any atom is 0.220 e. The van der Waals surface area contributed by atoms with Crippen molar-refractivity contribution in [1.29, 1.82) is 0 Å². The Morgan fingerprint density at radius 3 is 2.61 bits per heavy atom. The average Bonchev–Trinajstić information content (AvgIpc) is 2.34. The van der Waals surface area contributed by atoms with Gasteiger partial charge in [-0.15, -0.1) is 0 Å². The van der Waals surface area contributed by atoms with Crippen LogP contribution < -0.4 is 10.1 Å². The molecule has 1 amide bonds. The zero-order valence-electron chi connectivity index (χ0n) is 10.5. The number of ketones is 1. The van der Waals surface area contributed by atoms with E-state index in [0.717, 1.165) is 5.56 Å². The Kier molecular flexibility index (Phi) is 5.65. The molecular formula is C13H16ClNO3. The summed E-state index contributed by atoms with van der Waals surface area (Å²) in [6.07, 6.45) is 0.477. The number of carbonyl (C=O) groups is 2. The highest BCUT2D eigenvalue weighted by Crippen LogP contribution is 2.22. The molecule has 18 heavy (non-hydrogen) atoms. The number of halogens is 1. The van der Waals surface area contributed by atoms with E-state index in [1.165, 1.54) is 6.92 Å². The van der Waals surface area contributed by atoms with Gasteiger partial charge in [-0.05, 0) is 24.6 Å². The molecular weight excluding hydrogens is 254 g/mol. The lowest BCUT2D eigenvalue weighted by molar-refractivity contribution is -0.124. The zero-order chi connectivity index (χ0) is 13.5. The summed E-state index contributed by atoms with van der Waals surface area (Å²) in [6, 6.07) is 5.27. The van der Waals surface area contributed by atoms with Crippen molar-refractivity contribution in [3.05, 3.63) is 28.8 Å². The van der Waals surface area contributed by atoms with Crippen LogP contribution >= 0.6 is 11.6 Å². The summed E-state index contributed by atoms with van der Waals surface area (Å²) in [6.45, 7) is 1.81. The van der Waals surface area contributed by atoms with Gasteiger partial charge in [0.25, 0.3) is 0 Å². The number of ether oxygens (including phenoxy) is 1. The second kappa shape index (κ2) is 7.01. The Bertz CT molecular complexity index is 446. The van der Waals surface area contributed by atoms with Crippen LogP contribution in [0.3, 0.4) is 0 Å². The average molecular weight is 270 g/mol. The molecule has 0 aliphatic rings. The first-order valence-electron chi connectivity index (χ1n) is 5.61. The van der Waals surface area contributed by atoms with Crippen LogP contribution in [-0.4, -0.2) is 18.8 Å². The summed E-state index contributed by atoms with van der Waals surface area (Å²) in [7, 11) is 1.56.